The smallest absolute Gasteiger partial charge is 0.334 e. The highest BCUT2D eigenvalue weighted by Crippen LogP contribution is 2.14. The lowest BCUT2D eigenvalue weighted by Crippen LogP contribution is -2.05. The Bertz CT molecular complexity index is 450. The van der Waals surface area contributed by atoms with E-state index in [-0.39, 0.29) is 18.1 Å². The summed E-state index contributed by atoms with van der Waals surface area (Å²) in [5.41, 5.74) is 0.551. The van der Waals surface area contributed by atoms with Gasteiger partial charge in [-0.05, 0) is 12.1 Å². The zero-order valence-electron chi connectivity index (χ0n) is 7.54. The van der Waals surface area contributed by atoms with Gasteiger partial charge < -0.3 is 4.74 Å². The van der Waals surface area contributed by atoms with Crippen molar-refractivity contribution in [2.45, 2.75) is 0 Å². The molecule has 0 aliphatic carbocycles. The number of nitro groups is 1. The molecule has 1 aromatic rings. The fourth-order valence-electron chi connectivity index (χ4n) is 1.18. The van der Waals surface area contributed by atoms with Gasteiger partial charge in [-0.25, -0.2) is 9.79 Å². The number of aliphatic imine (C=N–C) groups is 1. The van der Waals surface area contributed by atoms with Gasteiger partial charge in [0.05, 0.1) is 4.92 Å². The maximum Gasteiger partial charge on any atom is 0.334 e. The van der Waals surface area contributed by atoms with Gasteiger partial charge in [-0.15, -0.1) is 0 Å². The largest absolute Gasteiger partial charge is 0.406 e. The van der Waals surface area contributed by atoms with Crippen molar-refractivity contribution in [1.29, 1.82) is 0 Å². The number of carbonyl (C=O) groups excluding carboxylic acids is 1. The molecule has 0 radical (unpaired) electrons. The van der Waals surface area contributed by atoms with Crippen LogP contribution in [0.25, 0.3) is 0 Å². The number of benzene rings is 1. The lowest BCUT2D eigenvalue weighted by Gasteiger charge is -1.98. The van der Waals surface area contributed by atoms with Crippen molar-refractivity contribution in [2.24, 2.45) is 4.99 Å². The van der Waals surface area contributed by atoms with Crippen LogP contribution in [0.2, 0.25) is 0 Å². The van der Waals surface area contributed by atoms with Crippen LogP contribution in [0.4, 0.5) is 5.69 Å². The molecular weight excluding hydrogens is 200 g/mol. The summed E-state index contributed by atoms with van der Waals surface area (Å²) in [6, 6.07) is 5.67. The molecule has 6 nitrogen and oxygen atoms in total. The summed E-state index contributed by atoms with van der Waals surface area (Å²) in [6.45, 7) is 0.00627. The quantitative estimate of drug-likeness (QED) is 0.409. The van der Waals surface area contributed by atoms with Crippen LogP contribution in [-0.4, -0.2) is 23.3 Å². The normalized spacial score (nSPS) is 14.7. The first-order valence-corrected chi connectivity index (χ1v) is 4.17. The van der Waals surface area contributed by atoms with Crippen LogP contribution in [0.1, 0.15) is 5.56 Å². The molecule has 1 aliphatic rings. The monoisotopic (exact) mass is 206 g/mol. The Morgan fingerprint density at radius 1 is 1.33 bits per heavy atom. The number of carbonyl (C=O) groups is 1. The number of hydrogen-bond acceptors (Lipinski definition) is 5. The van der Waals surface area contributed by atoms with Crippen molar-refractivity contribution in [2.75, 3.05) is 6.54 Å². The summed E-state index contributed by atoms with van der Waals surface area (Å²) in [4.78, 5) is 24.5. The van der Waals surface area contributed by atoms with Gasteiger partial charge in [-0.3, -0.25) is 10.1 Å². The summed E-state index contributed by atoms with van der Waals surface area (Å²) in [5, 5.41) is 10.4. The van der Waals surface area contributed by atoms with E-state index in [9.17, 15) is 14.9 Å². The van der Waals surface area contributed by atoms with Crippen LogP contribution < -0.4 is 0 Å². The SMILES string of the molecule is O=C1CN=C(c2ccc([N+](=O)[O-])cc2)O1. The van der Waals surface area contributed by atoms with E-state index in [1.165, 1.54) is 24.3 Å². The van der Waals surface area contributed by atoms with Gasteiger partial charge in [0.15, 0.2) is 0 Å². The standard InChI is InChI=1S/C9H6N2O4/c12-8-5-10-9(15-8)6-1-3-7(4-2-6)11(13)14/h1-4H,5H2. The molecule has 0 atom stereocenters. The van der Waals surface area contributed by atoms with E-state index in [1.54, 1.807) is 0 Å². The molecule has 15 heavy (non-hydrogen) atoms. The Balaban J connectivity index is 2.24. The van der Waals surface area contributed by atoms with Crippen molar-refractivity contribution in [3.8, 4) is 0 Å². The predicted octanol–water partition coefficient (Wildman–Crippen LogP) is 0.898. The first kappa shape index (κ1) is 9.32. The lowest BCUT2D eigenvalue weighted by molar-refractivity contribution is -0.384. The molecule has 0 saturated carbocycles. The Hall–Kier alpha value is -2.24. The van der Waals surface area contributed by atoms with E-state index in [0.29, 0.717) is 5.56 Å². The average molecular weight is 206 g/mol. The van der Waals surface area contributed by atoms with Crippen molar-refractivity contribution in [1.82, 2.24) is 0 Å². The minimum Gasteiger partial charge on any atom is -0.406 e. The molecule has 1 heterocycles. The van der Waals surface area contributed by atoms with Gasteiger partial charge in [0, 0.05) is 17.7 Å². The minimum absolute atomic E-state index is 0.00627. The second kappa shape index (κ2) is 3.49. The third-order valence-electron chi connectivity index (χ3n) is 1.89. The Kier molecular flexibility index (Phi) is 2.17. The zero-order chi connectivity index (χ0) is 10.8. The van der Waals surface area contributed by atoms with Crippen molar-refractivity contribution in [3.05, 3.63) is 39.9 Å². The Morgan fingerprint density at radius 3 is 2.47 bits per heavy atom. The third-order valence-corrected chi connectivity index (χ3v) is 1.89. The molecule has 0 bridgehead atoms. The summed E-state index contributed by atoms with van der Waals surface area (Å²) in [5.74, 6) is -0.196. The molecule has 1 aliphatic heterocycles. The molecule has 0 amide bonds. The second-order valence-corrected chi connectivity index (χ2v) is 2.90. The summed E-state index contributed by atoms with van der Waals surface area (Å²) in [7, 11) is 0. The summed E-state index contributed by atoms with van der Waals surface area (Å²) < 4.78 is 4.79. The van der Waals surface area contributed by atoms with Gasteiger partial charge in [-0.1, -0.05) is 0 Å². The molecule has 0 saturated heterocycles. The van der Waals surface area contributed by atoms with Gasteiger partial charge in [0.25, 0.3) is 5.69 Å². The van der Waals surface area contributed by atoms with Gasteiger partial charge >= 0.3 is 5.97 Å². The van der Waals surface area contributed by atoms with Gasteiger partial charge in [0.2, 0.25) is 5.90 Å². The van der Waals surface area contributed by atoms with E-state index in [1.807, 2.05) is 0 Å². The number of non-ortho nitro benzene ring substituents is 1. The molecule has 0 N–H and O–H groups in total. The molecule has 76 valence electrons. The van der Waals surface area contributed by atoms with Crippen molar-refractivity contribution < 1.29 is 14.5 Å². The molecule has 6 heteroatoms. The highest BCUT2D eigenvalue weighted by molar-refractivity contribution is 6.04. The maximum absolute atomic E-state index is 10.8. The maximum atomic E-state index is 10.8. The fraction of sp³-hybridized carbons (Fsp3) is 0.111. The summed E-state index contributed by atoms with van der Waals surface area (Å²) >= 11 is 0. The molecule has 0 spiro atoms. The fourth-order valence-corrected chi connectivity index (χ4v) is 1.18. The Labute approximate surface area is 84.3 Å². The number of cyclic esters (lactones) is 1. The van der Waals surface area contributed by atoms with Gasteiger partial charge in [0.1, 0.15) is 6.54 Å². The number of hydrogen-bond donors (Lipinski definition) is 0. The van der Waals surface area contributed by atoms with E-state index in [0.717, 1.165) is 0 Å². The van der Waals surface area contributed by atoms with Crippen LogP contribution in [0.3, 0.4) is 0 Å². The van der Waals surface area contributed by atoms with Crippen LogP contribution in [-0.2, 0) is 9.53 Å². The van der Waals surface area contributed by atoms with E-state index in [2.05, 4.69) is 4.99 Å². The first-order chi connectivity index (χ1) is 7.16. The van der Waals surface area contributed by atoms with Crippen molar-refractivity contribution in [3.63, 3.8) is 0 Å². The van der Waals surface area contributed by atoms with E-state index < -0.39 is 10.9 Å². The molecular formula is C9H6N2O4. The van der Waals surface area contributed by atoms with Crippen LogP contribution in [0, 0.1) is 10.1 Å². The topological polar surface area (TPSA) is 81.8 Å². The van der Waals surface area contributed by atoms with E-state index in [4.69, 9.17) is 4.74 Å². The molecule has 1 aromatic carbocycles. The molecule has 2 rings (SSSR count). The molecule has 0 fully saturated rings. The molecule has 0 unspecified atom stereocenters. The molecule has 0 aromatic heterocycles. The van der Waals surface area contributed by atoms with Crippen LogP contribution in [0.15, 0.2) is 29.3 Å². The van der Waals surface area contributed by atoms with Gasteiger partial charge in [-0.2, -0.15) is 0 Å². The third kappa shape index (κ3) is 1.83. The zero-order valence-corrected chi connectivity index (χ0v) is 7.54. The predicted molar refractivity (Wildman–Crippen MR) is 50.6 cm³/mol. The minimum atomic E-state index is -0.494. The average Bonchev–Trinajstić information content (AvgIpc) is 2.65. The lowest BCUT2D eigenvalue weighted by atomic mass is 10.2. The first-order valence-electron chi connectivity index (χ1n) is 4.17. The second-order valence-electron chi connectivity index (χ2n) is 2.90. The van der Waals surface area contributed by atoms with Crippen molar-refractivity contribution >= 4 is 17.6 Å². The number of esters is 1. The number of nitro benzene ring substituents is 1. The number of nitrogens with zero attached hydrogens (tertiary/aromatic N) is 2. The van der Waals surface area contributed by atoms with Crippen LogP contribution in [0.5, 0.6) is 0 Å². The highest BCUT2D eigenvalue weighted by atomic mass is 16.6. The Morgan fingerprint density at radius 2 is 2.00 bits per heavy atom. The van der Waals surface area contributed by atoms with Crippen LogP contribution >= 0.6 is 0 Å². The number of rotatable bonds is 2. The summed E-state index contributed by atoms with van der Waals surface area (Å²) in [6.07, 6.45) is 0. The number of ether oxygens (including phenoxy) is 1. The van der Waals surface area contributed by atoms with E-state index >= 15 is 0 Å². The highest BCUT2D eigenvalue weighted by Gasteiger charge is 2.18.